The summed E-state index contributed by atoms with van der Waals surface area (Å²) in [6.45, 7) is 0. The molecular formula is C3H2FNS. The van der Waals surface area contributed by atoms with E-state index in [0.717, 1.165) is 11.3 Å². The van der Waals surface area contributed by atoms with E-state index in [2.05, 4.69) is 4.98 Å². The summed E-state index contributed by atoms with van der Waals surface area (Å²) in [5, 5.41) is 1.23. The largest absolute Gasteiger partial charge is 0.268 e. The zero-order valence-electron chi connectivity index (χ0n) is 2.89. The summed E-state index contributed by atoms with van der Waals surface area (Å²) in [5.41, 5.74) is 0. The van der Waals surface area contributed by atoms with Gasteiger partial charge in [0.15, 0.2) is 0 Å². The van der Waals surface area contributed by atoms with Crippen molar-refractivity contribution in [3.8, 4) is 0 Å². The van der Waals surface area contributed by atoms with Crippen molar-refractivity contribution in [2.45, 2.75) is 0 Å². The van der Waals surface area contributed by atoms with E-state index in [1.54, 1.807) is 5.38 Å². The van der Waals surface area contributed by atoms with Gasteiger partial charge in [0, 0.05) is 11.6 Å². The van der Waals surface area contributed by atoms with Crippen LogP contribution in [-0.2, 0) is 0 Å². The number of hydrogen-bond acceptors (Lipinski definition) is 2. The molecule has 0 amide bonds. The first-order valence-electron chi connectivity index (χ1n) is 1.44. The van der Waals surface area contributed by atoms with Gasteiger partial charge in [-0.05, 0) is 0 Å². The van der Waals surface area contributed by atoms with E-state index in [1.165, 1.54) is 6.20 Å². The highest BCUT2D eigenvalue weighted by molar-refractivity contribution is 7.07. The zero-order valence-corrected chi connectivity index (χ0v) is 3.70. The first-order chi connectivity index (χ1) is 2.89. The van der Waals surface area contributed by atoms with Gasteiger partial charge in [-0.1, -0.05) is 11.3 Å². The molecule has 1 aromatic heterocycles. The molecular weight excluding hydrogens is 101 g/mol. The molecule has 3 heteroatoms. The van der Waals surface area contributed by atoms with Crippen LogP contribution in [0.4, 0.5) is 4.39 Å². The van der Waals surface area contributed by atoms with Crippen molar-refractivity contribution in [1.82, 2.24) is 4.98 Å². The Labute approximate surface area is 38.5 Å². The molecule has 0 saturated heterocycles. The third-order valence-electron chi connectivity index (χ3n) is 0.402. The molecule has 0 saturated carbocycles. The molecule has 1 nitrogen and oxygen atoms in total. The predicted octanol–water partition coefficient (Wildman–Crippen LogP) is 1.28. The molecule has 0 radical (unpaired) electrons. The summed E-state index contributed by atoms with van der Waals surface area (Å²) < 4.78 is 11.6. The Kier molecular flexibility index (Phi) is 0.837. The minimum Gasteiger partial charge on any atom is -0.218 e. The Hall–Kier alpha value is -0.440. The molecule has 0 N–H and O–H groups in total. The number of aromatic nitrogens is 1. The number of rotatable bonds is 0. The maximum Gasteiger partial charge on any atom is 0.268 e. The molecule has 32 valence electrons. The average Bonchev–Trinajstić information content (AvgIpc) is 1.86. The Morgan fingerprint density at radius 2 is 2.67 bits per heavy atom. The maximum atomic E-state index is 11.6. The molecule has 0 aliphatic rings. The third kappa shape index (κ3) is 0.542. The van der Waals surface area contributed by atoms with E-state index in [4.69, 9.17) is 0 Å². The quantitative estimate of drug-likeness (QED) is 0.482. The Balaban J connectivity index is 3.05. The average molecular weight is 103 g/mol. The van der Waals surface area contributed by atoms with Crippen LogP contribution in [0.2, 0.25) is 0 Å². The summed E-state index contributed by atoms with van der Waals surface area (Å²) in [7, 11) is 0. The Bertz CT molecular complexity index is 114. The first-order valence-corrected chi connectivity index (χ1v) is 2.32. The van der Waals surface area contributed by atoms with E-state index < -0.39 is 0 Å². The Morgan fingerprint density at radius 1 is 1.83 bits per heavy atom. The first kappa shape index (κ1) is 3.74. The molecule has 1 heterocycles. The summed E-state index contributed by atoms with van der Waals surface area (Å²) in [5.74, 6) is 0. The van der Waals surface area contributed by atoms with Gasteiger partial charge in [0.05, 0.1) is 0 Å². The van der Waals surface area contributed by atoms with Crippen molar-refractivity contribution in [3.05, 3.63) is 16.8 Å². The lowest BCUT2D eigenvalue weighted by Crippen LogP contribution is -1.58. The van der Waals surface area contributed by atoms with Crippen molar-refractivity contribution in [3.63, 3.8) is 0 Å². The molecule has 0 unspecified atom stereocenters. The molecule has 0 aromatic carbocycles. The Morgan fingerprint density at radius 3 is 2.83 bits per heavy atom. The third-order valence-corrected chi connectivity index (χ3v) is 0.960. The van der Waals surface area contributed by atoms with Crippen molar-refractivity contribution in [2.24, 2.45) is 0 Å². The van der Waals surface area contributed by atoms with E-state index >= 15 is 0 Å². The van der Waals surface area contributed by atoms with Gasteiger partial charge in [0.1, 0.15) is 0 Å². The van der Waals surface area contributed by atoms with Gasteiger partial charge < -0.3 is 0 Å². The second-order valence-corrected chi connectivity index (χ2v) is 1.63. The van der Waals surface area contributed by atoms with E-state index in [0.29, 0.717) is 0 Å². The normalized spacial score (nSPS) is 8.83. The molecule has 0 fully saturated rings. The van der Waals surface area contributed by atoms with Crippen LogP contribution in [0.5, 0.6) is 0 Å². The van der Waals surface area contributed by atoms with Gasteiger partial charge >= 0.3 is 0 Å². The molecule has 0 atom stereocenters. The number of nitrogens with zero attached hydrogens (tertiary/aromatic N) is 1. The lowest BCUT2D eigenvalue weighted by atomic mass is 11.0. The molecule has 0 aliphatic heterocycles. The van der Waals surface area contributed by atoms with Crippen LogP contribution in [-0.4, -0.2) is 4.98 Å². The molecule has 1 rings (SSSR count). The fraction of sp³-hybridized carbons (Fsp3) is 0. The lowest BCUT2D eigenvalue weighted by Gasteiger charge is -1.59. The standard InChI is InChI=1S/C3H2FNS/c4-3-5-1-2-6-3/h1-2H. The summed E-state index contributed by atoms with van der Waals surface area (Å²) in [4.78, 5) is 3.27. The highest BCUT2D eigenvalue weighted by Gasteiger charge is 1.82. The highest BCUT2D eigenvalue weighted by Crippen LogP contribution is 1.97. The summed E-state index contributed by atoms with van der Waals surface area (Å²) in [6.07, 6.45) is 1.43. The van der Waals surface area contributed by atoms with Crippen molar-refractivity contribution in [2.75, 3.05) is 0 Å². The van der Waals surface area contributed by atoms with Gasteiger partial charge in [-0.2, -0.15) is 4.39 Å². The number of hydrogen-bond donors (Lipinski definition) is 0. The zero-order chi connectivity index (χ0) is 4.41. The fourth-order valence-corrected chi connectivity index (χ4v) is 0.562. The van der Waals surface area contributed by atoms with Gasteiger partial charge in [0.25, 0.3) is 5.26 Å². The van der Waals surface area contributed by atoms with Gasteiger partial charge in [-0.25, -0.2) is 4.98 Å². The second-order valence-electron chi connectivity index (χ2n) is 0.785. The van der Waals surface area contributed by atoms with Crippen molar-refractivity contribution >= 4 is 11.3 Å². The smallest absolute Gasteiger partial charge is 0.218 e. The van der Waals surface area contributed by atoms with E-state index in [9.17, 15) is 4.39 Å². The van der Waals surface area contributed by atoms with Crippen molar-refractivity contribution < 1.29 is 4.39 Å². The van der Waals surface area contributed by atoms with E-state index in [-0.39, 0.29) is 5.26 Å². The predicted molar refractivity (Wildman–Crippen MR) is 22.1 cm³/mol. The van der Waals surface area contributed by atoms with Gasteiger partial charge in [-0.3, -0.25) is 0 Å². The van der Waals surface area contributed by atoms with Crippen LogP contribution in [0.1, 0.15) is 0 Å². The van der Waals surface area contributed by atoms with E-state index in [1.807, 2.05) is 0 Å². The molecule has 1 aromatic rings. The fourth-order valence-electron chi connectivity index (χ4n) is 0.206. The lowest BCUT2D eigenvalue weighted by molar-refractivity contribution is 0.617. The summed E-state index contributed by atoms with van der Waals surface area (Å²) >= 11 is 1.000. The molecule has 6 heavy (non-hydrogen) atoms. The molecule has 0 aliphatic carbocycles. The maximum absolute atomic E-state index is 11.6. The van der Waals surface area contributed by atoms with Gasteiger partial charge in [0.2, 0.25) is 0 Å². The minimum atomic E-state index is -0.366. The van der Waals surface area contributed by atoms with Gasteiger partial charge in [-0.15, -0.1) is 0 Å². The van der Waals surface area contributed by atoms with Crippen molar-refractivity contribution in [1.29, 1.82) is 0 Å². The number of halogens is 1. The number of thiazole rings is 1. The van der Waals surface area contributed by atoms with Crippen LogP contribution >= 0.6 is 11.3 Å². The minimum absolute atomic E-state index is 0.366. The second kappa shape index (κ2) is 1.34. The monoisotopic (exact) mass is 103 g/mol. The highest BCUT2D eigenvalue weighted by atomic mass is 32.1. The van der Waals surface area contributed by atoms with Crippen LogP contribution in [0, 0.1) is 5.26 Å². The summed E-state index contributed by atoms with van der Waals surface area (Å²) in [6, 6.07) is 0. The van der Waals surface area contributed by atoms with Crippen LogP contribution < -0.4 is 0 Å². The van der Waals surface area contributed by atoms with Crippen LogP contribution in [0.15, 0.2) is 11.6 Å². The van der Waals surface area contributed by atoms with Crippen LogP contribution in [0.25, 0.3) is 0 Å². The van der Waals surface area contributed by atoms with Crippen LogP contribution in [0.3, 0.4) is 0 Å². The molecule has 0 bridgehead atoms. The molecule has 0 spiro atoms. The topological polar surface area (TPSA) is 12.9 Å². The SMILES string of the molecule is Fc1nccs1.